The third-order valence-electron chi connectivity index (χ3n) is 3.11. The van der Waals surface area contributed by atoms with Crippen LogP contribution >= 0.6 is 0 Å². The van der Waals surface area contributed by atoms with Crippen molar-refractivity contribution in [3.8, 4) is 0 Å². The highest BCUT2D eigenvalue weighted by Gasteiger charge is 2.01. The Hall–Kier alpha value is -1.06. The fourth-order valence-electron chi connectivity index (χ4n) is 1.88. The summed E-state index contributed by atoms with van der Waals surface area (Å²) in [5.74, 6) is 0.0390. The van der Waals surface area contributed by atoms with E-state index in [1.165, 1.54) is 20.0 Å². The molecule has 0 aromatic carbocycles. The summed E-state index contributed by atoms with van der Waals surface area (Å²) >= 11 is 0. The van der Waals surface area contributed by atoms with E-state index in [1.54, 1.807) is 0 Å². The summed E-state index contributed by atoms with van der Waals surface area (Å²) in [6, 6.07) is 0. The third kappa shape index (κ3) is 13.2. The Morgan fingerprint density at radius 3 is 2.16 bits per heavy atom. The highest BCUT2D eigenvalue weighted by atomic mass is 16.5. The Morgan fingerprint density at radius 2 is 1.53 bits per heavy atom. The number of ether oxygens (including phenoxy) is 1. The van der Waals surface area contributed by atoms with Gasteiger partial charge >= 0.3 is 5.97 Å². The van der Waals surface area contributed by atoms with Crippen LogP contribution in [-0.4, -0.2) is 25.5 Å². The van der Waals surface area contributed by atoms with Crippen LogP contribution in [0, 0.1) is 0 Å². The average molecular weight is 271 g/mol. The molecule has 0 bridgehead atoms. The fraction of sp³-hybridized carbons (Fsp3) is 0.867. The van der Waals surface area contributed by atoms with Crippen molar-refractivity contribution in [3.05, 3.63) is 0 Å². The molecule has 0 rings (SSSR count). The largest absolute Gasteiger partial charge is 0.469 e. The number of hydrogen-bond acceptors (Lipinski definition) is 3. The monoisotopic (exact) mass is 271 g/mol. The number of nitrogens with one attached hydrogen (secondary N) is 1. The number of hydrogen-bond donors (Lipinski definition) is 1. The highest BCUT2D eigenvalue weighted by molar-refractivity contribution is 5.75. The van der Waals surface area contributed by atoms with Crippen LogP contribution < -0.4 is 5.32 Å². The second-order valence-electron chi connectivity index (χ2n) is 4.90. The van der Waals surface area contributed by atoms with Crippen LogP contribution in [0.1, 0.15) is 71.1 Å². The van der Waals surface area contributed by atoms with Crippen LogP contribution in [0.5, 0.6) is 0 Å². The van der Waals surface area contributed by atoms with Gasteiger partial charge in [-0.05, 0) is 19.3 Å². The summed E-state index contributed by atoms with van der Waals surface area (Å²) < 4.78 is 4.57. The first-order chi connectivity index (χ1) is 9.20. The molecule has 4 nitrogen and oxygen atoms in total. The summed E-state index contributed by atoms with van der Waals surface area (Å²) in [6.45, 7) is 2.97. The molecule has 0 aliphatic rings. The number of carbonyl (C=O) groups is 2. The lowest BCUT2D eigenvalue weighted by Crippen LogP contribution is -2.23. The van der Waals surface area contributed by atoms with Gasteiger partial charge in [0, 0.05) is 19.4 Å². The first-order valence-corrected chi connectivity index (χ1v) is 7.54. The molecule has 0 heterocycles. The van der Waals surface area contributed by atoms with Crippen molar-refractivity contribution in [1.29, 1.82) is 0 Å². The SMILES string of the molecule is CCCCCNC(=O)CCCCCCCC(=O)OC. The van der Waals surface area contributed by atoms with E-state index in [0.717, 1.165) is 45.1 Å². The third-order valence-corrected chi connectivity index (χ3v) is 3.11. The van der Waals surface area contributed by atoms with E-state index in [1.807, 2.05) is 0 Å². The van der Waals surface area contributed by atoms with Crippen molar-refractivity contribution in [2.45, 2.75) is 71.1 Å². The van der Waals surface area contributed by atoms with E-state index in [2.05, 4.69) is 17.0 Å². The van der Waals surface area contributed by atoms with Crippen molar-refractivity contribution in [2.75, 3.05) is 13.7 Å². The van der Waals surface area contributed by atoms with Gasteiger partial charge in [0.1, 0.15) is 0 Å². The van der Waals surface area contributed by atoms with Gasteiger partial charge in [0.2, 0.25) is 5.91 Å². The Kier molecular flexibility index (Phi) is 12.6. The normalized spacial score (nSPS) is 10.2. The Labute approximate surface area is 117 Å². The van der Waals surface area contributed by atoms with E-state index in [0.29, 0.717) is 12.8 Å². The molecule has 0 spiro atoms. The second-order valence-corrected chi connectivity index (χ2v) is 4.90. The number of esters is 1. The molecular weight excluding hydrogens is 242 g/mol. The zero-order chi connectivity index (χ0) is 14.3. The molecule has 0 saturated carbocycles. The van der Waals surface area contributed by atoms with Gasteiger partial charge in [-0.1, -0.05) is 39.0 Å². The summed E-state index contributed by atoms with van der Waals surface area (Å²) in [5, 5.41) is 2.94. The predicted molar refractivity (Wildman–Crippen MR) is 76.9 cm³/mol. The van der Waals surface area contributed by atoms with Crippen molar-refractivity contribution in [1.82, 2.24) is 5.32 Å². The lowest BCUT2D eigenvalue weighted by molar-refractivity contribution is -0.140. The molecule has 0 radical (unpaired) electrons. The van der Waals surface area contributed by atoms with E-state index in [4.69, 9.17) is 0 Å². The Balaban J connectivity index is 3.20. The molecule has 0 aliphatic carbocycles. The lowest BCUT2D eigenvalue weighted by atomic mass is 10.1. The molecule has 0 fully saturated rings. The molecule has 4 heteroatoms. The molecular formula is C15H29NO3. The average Bonchev–Trinajstić information content (AvgIpc) is 2.42. The van der Waals surface area contributed by atoms with Gasteiger partial charge in [0.05, 0.1) is 7.11 Å². The molecule has 19 heavy (non-hydrogen) atoms. The maximum atomic E-state index is 11.5. The van der Waals surface area contributed by atoms with E-state index >= 15 is 0 Å². The molecule has 0 unspecified atom stereocenters. The maximum absolute atomic E-state index is 11.5. The zero-order valence-corrected chi connectivity index (χ0v) is 12.5. The van der Waals surface area contributed by atoms with Crippen LogP contribution in [0.25, 0.3) is 0 Å². The van der Waals surface area contributed by atoms with Crippen LogP contribution in [-0.2, 0) is 14.3 Å². The van der Waals surface area contributed by atoms with Gasteiger partial charge < -0.3 is 10.1 Å². The molecule has 1 amide bonds. The summed E-state index contributed by atoms with van der Waals surface area (Å²) in [5.41, 5.74) is 0. The van der Waals surface area contributed by atoms with Gasteiger partial charge in [-0.2, -0.15) is 0 Å². The van der Waals surface area contributed by atoms with Gasteiger partial charge in [-0.15, -0.1) is 0 Å². The summed E-state index contributed by atoms with van der Waals surface area (Å²) in [6.07, 6.45) is 9.58. The Bertz CT molecular complexity index is 242. The van der Waals surface area contributed by atoms with Crippen LogP contribution in [0.2, 0.25) is 0 Å². The Morgan fingerprint density at radius 1 is 0.895 bits per heavy atom. The molecule has 0 aliphatic heterocycles. The van der Waals surface area contributed by atoms with Gasteiger partial charge in [0.15, 0.2) is 0 Å². The first-order valence-electron chi connectivity index (χ1n) is 7.54. The predicted octanol–water partition coefficient (Wildman–Crippen LogP) is 3.20. The first kappa shape index (κ1) is 17.9. The molecule has 1 N–H and O–H groups in total. The standard InChI is InChI=1S/C15H29NO3/c1-3-4-10-13-16-14(17)11-8-6-5-7-9-12-15(18)19-2/h3-13H2,1-2H3,(H,16,17). The van der Waals surface area contributed by atoms with Crippen LogP contribution in [0.15, 0.2) is 0 Å². The van der Waals surface area contributed by atoms with Crippen molar-refractivity contribution >= 4 is 11.9 Å². The molecule has 0 saturated heterocycles. The summed E-state index contributed by atoms with van der Waals surface area (Å²) in [4.78, 5) is 22.3. The van der Waals surface area contributed by atoms with Crippen LogP contribution in [0.3, 0.4) is 0 Å². The smallest absolute Gasteiger partial charge is 0.305 e. The lowest BCUT2D eigenvalue weighted by Gasteiger charge is -2.04. The zero-order valence-electron chi connectivity index (χ0n) is 12.5. The van der Waals surface area contributed by atoms with Gasteiger partial charge in [-0.25, -0.2) is 0 Å². The van der Waals surface area contributed by atoms with E-state index in [9.17, 15) is 9.59 Å². The fourth-order valence-corrected chi connectivity index (χ4v) is 1.88. The van der Waals surface area contributed by atoms with Gasteiger partial charge in [-0.3, -0.25) is 9.59 Å². The van der Waals surface area contributed by atoms with E-state index < -0.39 is 0 Å². The quantitative estimate of drug-likeness (QED) is 0.438. The van der Waals surface area contributed by atoms with Crippen LogP contribution in [0.4, 0.5) is 0 Å². The number of methoxy groups -OCH3 is 1. The second kappa shape index (κ2) is 13.4. The number of rotatable bonds is 12. The number of carbonyl (C=O) groups excluding carboxylic acids is 2. The van der Waals surface area contributed by atoms with Crippen molar-refractivity contribution in [3.63, 3.8) is 0 Å². The van der Waals surface area contributed by atoms with Crippen molar-refractivity contribution < 1.29 is 14.3 Å². The highest BCUT2D eigenvalue weighted by Crippen LogP contribution is 2.07. The summed E-state index contributed by atoms with van der Waals surface area (Å²) in [7, 11) is 1.42. The molecule has 0 aromatic rings. The van der Waals surface area contributed by atoms with Gasteiger partial charge in [0.25, 0.3) is 0 Å². The minimum absolute atomic E-state index is 0.133. The van der Waals surface area contributed by atoms with Crippen molar-refractivity contribution in [2.24, 2.45) is 0 Å². The minimum Gasteiger partial charge on any atom is -0.469 e. The molecule has 112 valence electrons. The molecule has 0 atom stereocenters. The van der Waals surface area contributed by atoms with E-state index in [-0.39, 0.29) is 11.9 Å². The molecule has 0 aromatic heterocycles. The number of amides is 1. The minimum atomic E-state index is -0.133. The maximum Gasteiger partial charge on any atom is 0.305 e. The topological polar surface area (TPSA) is 55.4 Å². The number of unbranched alkanes of at least 4 members (excludes halogenated alkanes) is 6.